The summed E-state index contributed by atoms with van der Waals surface area (Å²) in [5.74, 6) is -1.27. The summed E-state index contributed by atoms with van der Waals surface area (Å²) >= 11 is 3.02. The highest BCUT2D eigenvalue weighted by Gasteiger charge is 2.14. The second kappa shape index (κ2) is 4.75. The van der Waals surface area contributed by atoms with Gasteiger partial charge in [-0.05, 0) is 52.3 Å². The van der Waals surface area contributed by atoms with Crippen LogP contribution in [-0.2, 0) is 0 Å². The Morgan fingerprint density at radius 3 is 2.29 bits per heavy atom. The molecule has 0 N–H and O–H groups in total. The van der Waals surface area contributed by atoms with Crippen molar-refractivity contribution >= 4 is 21.7 Å². The fourth-order valence-corrected chi connectivity index (χ4v) is 1.88. The second-order valence-electron chi connectivity index (χ2n) is 3.44. The zero-order valence-electron chi connectivity index (χ0n) is 8.58. The quantitative estimate of drug-likeness (QED) is 0.767. The van der Waals surface area contributed by atoms with Crippen LogP contribution in [0.1, 0.15) is 15.9 Å². The van der Waals surface area contributed by atoms with Crippen LogP contribution >= 0.6 is 15.9 Å². The first-order chi connectivity index (χ1) is 8.09. The van der Waals surface area contributed by atoms with Crippen LogP contribution in [0.3, 0.4) is 0 Å². The van der Waals surface area contributed by atoms with Crippen molar-refractivity contribution in [2.45, 2.75) is 0 Å². The van der Waals surface area contributed by atoms with Gasteiger partial charge in [-0.1, -0.05) is 6.07 Å². The van der Waals surface area contributed by atoms with Gasteiger partial charge >= 0.3 is 0 Å². The van der Waals surface area contributed by atoms with Crippen molar-refractivity contribution in [2.24, 2.45) is 0 Å². The summed E-state index contributed by atoms with van der Waals surface area (Å²) in [7, 11) is 0. The Balaban J connectivity index is 2.44. The molecule has 0 aliphatic carbocycles. The van der Waals surface area contributed by atoms with Crippen molar-refractivity contribution in [3.05, 3.63) is 69.7 Å². The average Bonchev–Trinajstić information content (AvgIpc) is 2.33. The van der Waals surface area contributed by atoms with Gasteiger partial charge in [-0.3, -0.25) is 4.79 Å². The number of ketones is 1. The molecule has 0 aromatic heterocycles. The molecule has 0 unspecified atom stereocenters. The van der Waals surface area contributed by atoms with E-state index in [1.807, 2.05) is 0 Å². The van der Waals surface area contributed by atoms with Crippen molar-refractivity contribution in [2.75, 3.05) is 0 Å². The second-order valence-corrected chi connectivity index (χ2v) is 4.23. The maximum Gasteiger partial charge on any atom is 0.194 e. The minimum Gasteiger partial charge on any atom is -0.289 e. The molecule has 0 aliphatic heterocycles. The van der Waals surface area contributed by atoms with E-state index in [2.05, 4.69) is 15.9 Å². The molecule has 0 heterocycles. The Morgan fingerprint density at radius 2 is 1.65 bits per heavy atom. The normalized spacial score (nSPS) is 10.3. The lowest BCUT2D eigenvalue weighted by atomic mass is 10.0. The highest BCUT2D eigenvalue weighted by Crippen LogP contribution is 2.23. The summed E-state index contributed by atoms with van der Waals surface area (Å²) in [6, 6.07) is 9.35. The van der Waals surface area contributed by atoms with E-state index in [0.717, 1.165) is 0 Å². The third kappa shape index (κ3) is 2.42. The van der Waals surface area contributed by atoms with E-state index < -0.39 is 11.6 Å². The summed E-state index contributed by atoms with van der Waals surface area (Å²) < 4.78 is 26.1. The summed E-state index contributed by atoms with van der Waals surface area (Å²) in [5, 5.41) is 0. The highest BCUT2D eigenvalue weighted by atomic mass is 79.9. The lowest BCUT2D eigenvalue weighted by Crippen LogP contribution is -2.03. The molecule has 2 aromatic rings. The maximum atomic E-state index is 13.3. The van der Waals surface area contributed by atoms with Crippen molar-refractivity contribution < 1.29 is 13.6 Å². The van der Waals surface area contributed by atoms with Gasteiger partial charge in [-0.2, -0.15) is 0 Å². The number of hydrogen-bond donors (Lipinski definition) is 0. The first-order valence-electron chi connectivity index (χ1n) is 4.84. The summed E-state index contributed by atoms with van der Waals surface area (Å²) in [6.07, 6.45) is 0. The van der Waals surface area contributed by atoms with E-state index >= 15 is 0 Å². The largest absolute Gasteiger partial charge is 0.289 e. The Kier molecular flexibility index (Phi) is 3.33. The van der Waals surface area contributed by atoms with Crippen molar-refractivity contribution in [1.29, 1.82) is 0 Å². The standard InChI is InChI=1S/C13H7BrF2O/c14-12-10(2-1-3-11(12)16)13(17)8-4-6-9(15)7-5-8/h1-7H. The van der Waals surface area contributed by atoms with Crippen LogP contribution < -0.4 is 0 Å². The number of halogens is 3. The Bertz CT molecular complexity index is 564. The molecular weight excluding hydrogens is 290 g/mol. The zero-order valence-corrected chi connectivity index (χ0v) is 10.2. The van der Waals surface area contributed by atoms with Gasteiger partial charge in [0.25, 0.3) is 0 Å². The van der Waals surface area contributed by atoms with Gasteiger partial charge in [0.15, 0.2) is 5.78 Å². The molecule has 2 aromatic carbocycles. The van der Waals surface area contributed by atoms with E-state index in [1.54, 1.807) is 0 Å². The first kappa shape index (κ1) is 11.9. The Morgan fingerprint density at radius 1 is 1.00 bits per heavy atom. The highest BCUT2D eigenvalue weighted by molar-refractivity contribution is 9.10. The summed E-state index contributed by atoms with van der Waals surface area (Å²) in [5.41, 5.74) is 0.536. The Labute approximate surface area is 105 Å². The van der Waals surface area contributed by atoms with Crippen molar-refractivity contribution in [1.82, 2.24) is 0 Å². The van der Waals surface area contributed by atoms with Crippen LogP contribution in [0.15, 0.2) is 46.9 Å². The smallest absolute Gasteiger partial charge is 0.194 e. The minimum absolute atomic E-state index is 0.120. The average molecular weight is 297 g/mol. The van der Waals surface area contributed by atoms with Gasteiger partial charge in [0.05, 0.1) is 4.47 Å². The lowest BCUT2D eigenvalue weighted by molar-refractivity contribution is 0.103. The number of benzene rings is 2. The predicted octanol–water partition coefficient (Wildman–Crippen LogP) is 3.96. The molecule has 0 saturated heterocycles. The minimum atomic E-state index is -0.502. The molecule has 1 nitrogen and oxygen atoms in total. The zero-order chi connectivity index (χ0) is 12.4. The summed E-state index contributed by atoms with van der Waals surface area (Å²) in [4.78, 5) is 12.0. The SMILES string of the molecule is O=C(c1ccc(F)cc1)c1cccc(F)c1Br. The number of carbonyl (C=O) groups is 1. The van der Waals surface area contributed by atoms with Gasteiger partial charge in [0, 0.05) is 11.1 Å². The first-order valence-corrected chi connectivity index (χ1v) is 5.63. The fourth-order valence-electron chi connectivity index (χ4n) is 1.44. The molecule has 0 aliphatic rings. The van der Waals surface area contributed by atoms with Crippen LogP contribution in [0.5, 0.6) is 0 Å². The van der Waals surface area contributed by atoms with Crippen molar-refractivity contribution in [3.8, 4) is 0 Å². The molecule has 2 rings (SSSR count). The molecule has 0 bridgehead atoms. The molecule has 4 heteroatoms. The van der Waals surface area contributed by atoms with E-state index in [4.69, 9.17) is 0 Å². The third-order valence-corrected chi connectivity index (χ3v) is 3.11. The third-order valence-electron chi connectivity index (χ3n) is 2.30. The van der Waals surface area contributed by atoms with Crippen LogP contribution in [0.25, 0.3) is 0 Å². The number of carbonyl (C=O) groups excluding carboxylic acids is 1. The van der Waals surface area contributed by atoms with E-state index in [9.17, 15) is 13.6 Å². The lowest BCUT2D eigenvalue weighted by Gasteiger charge is -2.04. The van der Waals surface area contributed by atoms with Gasteiger partial charge < -0.3 is 0 Å². The van der Waals surface area contributed by atoms with Gasteiger partial charge in [0.2, 0.25) is 0 Å². The number of rotatable bonds is 2. The maximum absolute atomic E-state index is 13.3. The van der Waals surface area contributed by atoms with Crippen molar-refractivity contribution in [3.63, 3.8) is 0 Å². The van der Waals surface area contributed by atoms with Crippen LogP contribution in [-0.4, -0.2) is 5.78 Å². The predicted molar refractivity (Wildman–Crippen MR) is 63.9 cm³/mol. The molecule has 0 radical (unpaired) electrons. The molecule has 0 amide bonds. The summed E-state index contributed by atoms with van der Waals surface area (Å²) in [6.45, 7) is 0. The molecule has 0 spiro atoms. The van der Waals surface area contributed by atoms with E-state index in [0.29, 0.717) is 5.56 Å². The monoisotopic (exact) mass is 296 g/mol. The molecule has 0 fully saturated rings. The molecule has 0 atom stereocenters. The Hall–Kier alpha value is -1.55. The van der Waals surface area contributed by atoms with Gasteiger partial charge in [-0.25, -0.2) is 8.78 Å². The van der Waals surface area contributed by atoms with Crippen LogP contribution in [0.4, 0.5) is 8.78 Å². The van der Waals surface area contributed by atoms with Gasteiger partial charge in [-0.15, -0.1) is 0 Å². The van der Waals surface area contributed by atoms with E-state index in [1.165, 1.54) is 42.5 Å². The number of hydrogen-bond acceptors (Lipinski definition) is 1. The topological polar surface area (TPSA) is 17.1 Å². The molecule has 86 valence electrons. The molecule has 17 heavy (non-hydrogen) atoms. The van der Waals surface area contributed by atoms with Crippen LogP contribution in [0, 0.1) is 11.6 Å². The molecule has 0 saturated carbocycles. The van der Waals surface area contributed by atoms with Gasteiger partial charge in [0.1, 0.15) is 11.6 Å². The molecular formula is C13H7BrF2O. The van der Waals surface area contributed by atoms with Crippen LogP contribution in [0.2, 0.25) is 0 Å². The van der Waals surface area contributed by atoms with E-state index in [-0.39, 0.29) is 15.8 Å². The fraction of sp³-hybridized carbons (Fsp3) is 0.